The zero-order valence-corrected chi connectivity index (χ0v) is 34.6. The molecule has 13 aromatic rings. The van der Waals surface area contributed by atoms with Crippen molar-refractivity contribution in [3.05, 3.63) is 212 Å². The second-order valence-electron chi connectivity index (χ2n) is 16.0. The molecule has 0 radical (unpaired) electrons. The fourth-order valence-electron chi connectivity index (χ4n) is 9.60. The summed E-state index contributed by atoms with van der Waals surface area (Å²) >= 11 is 3.80. The highest BCUT2D eigenvalue weighted by atomic mass is 32.1. The third-order valence-corrected chi connectivity index (χ3v) is 15.0. The van der Waals surface area contributed by atoms with Crippen LogP contribution in [0.1, 0.15) is 0 Å². The van der Waals surface area contributed by atoms with Gasteiger partial charge in [-0.2, -0.15) is 0 Å². The summed E-state index contributed by atoms with van der Waals surface area (Å²) in [5, 5.41) is 15.4. The molecule has 0 saturated carbocycles. The Bertz CT molecular complexity index is 3870. The van der Waals surface area contributed by atoms with Crippen LogP contribution in [0.25, 0.3) is 106 Å². The van der Waals surface area contributed by atoms with Crippen LogP contribution < -0.4 is 4.90 Å². The molecule has 0 N–H and O–H groups in total. The second kappa shape index (κ2) is 13.6. The summed E-state index contributed by atoms with van der Waals surface area (Å²) in [4.78, 5) is 2.48. The van der Waals surface area contributed by atoms with E-state index in [0.29, 0.717) is 0 Å². The second-order valence-corrected chi connectivity index (χ2v) is 18.2. The van der Waals surface area contributed by atoms with E-state index in [1.165, 1.54) is 111 Å². The van der Waals surface area contributed by atoms with Gasteiger partial charge in [0.2, 0.25) is 0 Å². The molecule has 0 aliphatic carbocycles. The van der Waals surface area contributed by atoms with Crippen molar-refractivity contribution in [3.8, 4) is 22.3 Å². The van der Waals surface area contributed by atoms with Crippen molar-refractivity contribution in [1.29, 1.82) is 0 Å². The van der Waals surface area contributed by atoms with Crippen molar-refractivity contribution in [2.75, 3.05) is 4.90 Å². The van der Waals surface area contributed by atoms with Crippen LogP contribution in [0.2, 0.25) is 0 Å². The molecule has 0 aliphatic heterocycles. The summed E-state index contributed by atoms with van der Waals surface area (Å²) in [5.41, 5.74) is 8.31. The summed E-state index contributed by atoms with van der Waals surface area (Å²) in [6.07, 6.45) is 0. The van der Waals surface area contributed by atoms with Gasteiger partial charge in [-0.15, -0.1) is 22.7 Å². The fourth-order valence-corrected chi connectivity index (χ4v) is 12.1. The molecule has 284 valence electrons. The van der Waals surface area contributed by atoms with E-state index >= 15 is 0 Å². The minimum Gasteiger partial charge on any atom is -0.309 e. The Hall–Kier alpha value is -7.30. The Morgan fingerprint density at radius 3 is 1.56 bits per heavy atom. The molecule has 0 bridgehead atoms. The summed E-state index contributed by atoms with van der Waals surface area (Å²) in [5.74, 6) is 0. The Labute approximate surface area is 360 Å². The molecule has 0 aliphatic rings. The predicted octanol–water partition coefficient (Wildman–Crippen LogP) is 17.8. The third-order valence-electron chi connectivity index (χ3n) is 12.6. The van der Waals surface area contributed by atoms with Crippen LogP contribution in [-0.2, 0) is 0 Å². The van der Waals surface area contributed by atoms with E-state index in [1.807, 2.05) is 22.7 Å². The molecular formula is C58H35NS2. The van der Waals surface area contributed by atoms with Crippen molar-refractivity contribution in [2.24, 2.45) is 0 Å². The highest BCUT2D eigenvalue weighted by Crippen LogP contribution is 2.48. The standard InChI is InChI=1S/C58H35NS2/c1-2-13-42-34-56-51(32-41(42)12-1)52-35-54(47-17-7-8-18-48(47)58(52)61-56)59(53-19-9-14-39-10-3-5-15-45(39)53)44-28-24-37(25-29-44)36-20-22-38(23-21-36)43-27-31-55-50(33-43)49-30-26-40-11-4-6-16-46(40)57(49)60-55/h1-35H. The van der Waals surface area contributed by atoms with Gasteiger partial charge in [0.05, 0.1) is 11.4 Å². The first-order chi connectivity index (χ1) is 30.2. The first-order valence-corrected chi connectivity index (χ1v) is 22.4. The largest absolute Gasteiger partial charge is 0.309 e. The number of rotatable bonds is 5. The van der Waals surface area contributed by atoms with Crippen LogP contribution in [0.5, 0.6) is 0 Å². The Kier molecular flexibility index (Phi) is 7.71. The van der Waals surface area contributed by atoms with Gasteiger partial charge in [0.15, 0.2) is 0 Å². The highest BCUT2D eigenvalue weighted by Gasteiger charge is 2.21. The quantitative estimate of drug-likeness (QED) is 0.167. The van der Waals surface area contributed by atoms with Gasteiger partial charge < -0.3 is 4.90 Å². The van der Waals surface area contributed by atoms with E-state index < -0.39 is 0 Å². The molecule has 3 heteroatoms. The zero-order valence-electron chi connectivity index (χ0n) is 33.0. The maximum absolute atomic E-state index is 2.48. The predicted molar refractivity (Wildman–Crippen MR) is 268 cm³/mol. The Morgan fingerprint density at radius 2 is 0.787 bits per heavy atom. The summed E-state index contributed by atoms with van der Waals surface area (Å²) in [6.45, 7) is 0. The van der Waals surface area contributed by atoms with Gasteiger partial charge in [-0.25, -0.2) is 0 Å². The molecule has 13 rings (SSSR count). The lowest BCUT2D eigenvalue weighted by Gasteiger charge is -2.28. The topological polar surface area (TPSA) is 3.24 Å². The molecule has 0 atom stereocenters. The molecule has 2 heterocycles. The monoisotopic (exact) mass is 809 g/mol. The molecule has 0 saturated heterocycles. The number of hydrogen-bond acceptors (Lipinski definition) is 3. The molecular weight excluding hydrogens is 775 g/mol. The molecule has 61 heavy (non-hydrogen) atoms. The fraction of sp³-hybridized carbons (Fsp3) is 0. The smallest absolute Gasteiger partial charge is 0.0547 e. The molecule has 0 fully saturated rings. The van der Waals surface area contributed by atoms with Gasteiger partial charge in [-0.3, -0.25) is 0 Å². The number of anilines is 3. The number of fused-ring (bicyclic) bond motifs is 12. The van der Waals surface area contributed by atoms with Crippen molar-refractivity contribution < 1.29 is 0 Å². The van der Waals surface area contributed by atoms with Gasteiger partial charge in [0.25, 0.3) is 0 Å². The minimum absolute atomic E-state index is 1.12. The van der Waals surface area contributed by atoms with Crippen LogP contribution in [0.4, 0.5) is 17.1 Å². The van der Waals surface area contributed by atoms with Gasteiger partial charge in [-0.1, -0.05) is 164 Å². The SMILES string of the molecule is c1ccc2cc3c(cc2c1)sc1c2ccccc2c(N(c2ccc(-c4ccc(-c5ccc6sc7c8ccccc8ccc7c6c5)cc4)cc2)c2cccc4ccccc24)cc31. The van der Waals surface area contributed by atoms with Crippen molar-refractivity contribution in [1.82, 2.24) is 0 Å². The molecule has 0 unspecified atom stereocenters. The lowest BCUT2D eigenvalue weighted by Crippen LogP contribution is -2.11. The normalized spacial score (nSPS) is 11.9. The number of nitrogens with zero attached hydrogens (tertiary/aromatic N) is 1. The Morgan fingerprint density at radius 1 is 0.262 bits per heavy atom. The van der Waals surface area contributed by atoms with E-state index in [4.69, 9.17) is 0 Å². The van der Waals surface area contributed by atoms with Crippen LogP contribution in [0, 0.1) is 0 Å². The van der Waals surface area contributed by atoms with E-state index in [-0.39, 0.29) is 0 Å². The maximum Gasteiger partial charge on any atom is 0.0547 e. The van der Waals surface area contributed by atoms with Gasteiger partial charge in [-0.05, 0) is 97.7 Å². The van der Waals surface area contributed by atoms with E-state index in [1.54, 1.807) is 0 Å². The molecule has 11 aromatic carbocycles. The lowest BCUT2D eigenvalue weighted by molar-refractivity contribution is 1.32. The van der Waals surface area contributed by atoms with Crippen molar-refractivity contribution in [3.63, 3.8) is 0 Å². The molecule has 1 nitrogen and oxygen atoms in total. The molecule has 2 aromatic heterocycles. The minimum atomic E-state index is 1.12. The molecule has 0 spiro atoms. The number of hydrogen-bond donors (Lipinski definition) is 0. The summed E-state index contributed by atoms with van der Waals surface area (Å²) < 4.78 is 5.34. The van der Waals surface area contributed by atoms with E-state index in [9.17, 15) is 0 Å². The van der Waals surface area contributed by atoms with Crippen molar-refractivity contribution >= 4 is 123 Å². The van der Waals surface area contributed by atoms with Crippen LogP contribution in [0.15, 0.2) is 212 Å². The van der Waals surface area contributed by atoms with E-state index in [0.717, 1.165) is 11.4 Å². The summed E-state index contributed by atoms with van der Waals surface area (Å²) in [6, 6.07) is 78.7. The average molecular weight is 810 g/mol. The van der Waals surface area contributed by atoms with Crippen LogP contribution >= 0.6 is 22.7 Å². The Balaban J connectivity index is 0.923. The van der Waals surface area contributed by atoms with E-state index in [2.05, 4.69) is 217 Å². The highest BCUT2D eigenvalue weighted by molar-refractivity contribution is 7.27. The van der Waals surface area contributed by atoms with Gasteiger partial charge in [0, 0.05) is 62.2 Å². The third kappa shape index (κ3) is 5.52. The zero-order chi connectivity index (χ0) is 40.0. The number of thiophene rings is 2. The first kappa shape index (κ1) is 34.6. The lowest BCUT2D eigenvalue weighted by atomic mass is 9.98. The number of benzene rings is 11. The maximum atomic E-state index is 2.48. The van der Waals surface area contributed by atoms with Crippen LogP contribution in [0.3, 0.4) is 0 Å². The first-order valence-electron chi connectivity index (χ1n) is 20.8. The van der Waals surface area contributed by atoms with Gasteiger partial charge >= 0.3 is 0 Å². The summed E-state index contributed by atoms with van der Waals surface area (Å²) in [7, 11) is 0. The molecule has 0 amide bonds. The average Bonchev–Trinajstić information content (AvgIpc) is 3.89. The van der Waals surface area contributed by atoms with Crippen molar-refractivity contribution in [2.45, 2.75) is 0 Å². The van der Waals surface area contributed by atoms with Gasteiger partial charge in [0.1, 0.15) is 0 Å². The van der Waals surface area contributed by atoms with Crippen LogP contribution in [-0.4, -0.2) is 0 Å².